The van der Waals surface area contributed by atoms with Crippen LogP contribution in [-0.2, 0) is 22.5 Å². The number of carbonyl (C=O) groups is 2. The van der Waals surface area contributed by atoms with Gasteiger partial charge in [0, 0.05) is 23.2 Å². The number of halogens is 2. The second-order valence-electron chi connectivity index (χ2n) is 8.34. The molecule has 4 N–H and O–H groups in total. The monoisotopic (exact) mass is 487 g/mol. The summed E-state index contributed by atoms with van der Waals surface area (Å²) in [6, 6.07) is 9.18. The summed E-state index contributed by atoms with van der Waals surface area (Å²) in [4.78, 5) is 28.5. The third kappa shape index (κ3) is 6.21. The van der Waals surface area contributed by atoms with Crippen LogP contribution in [0, 0.1) is 11.7 Å². The van der Waals surface area contributed by atoms with Crippen molar-refractivity contribution < 1.29 is 23.8 Å². The van der Waals surface area contributed by atoms with Crippen molar-refractivity contribution in [1.29, 1.82) is 0 Å². The van der Waals surface area contributed by atoms with E-state index in [0.29, 0.717) is 23.4 Å². The lowest BCUT2D eigenvalue weighted by atomic mass is 10.0. The van der Waals surface area contributed by atoms with E-state index in [1.54, 1.807) is 30.3 Å². The largest absolute Gasteiger partial charge is 0.506 e. The van der Waals surface area contributed by atoms with E-state index >= 15 is 0 Å². The van der Waals surface area contributed by atoms with E-state index in [2.05, 4.69) is 10.3 Å². The van der Waals surface area contributed by atoms with Crippen LogP contribution in [0.15, 0.2) is 42.6 Å². The summed E-state index contributed by atoms with van der Waals surface area (Å²) in [6.07, 6.45) is 1.98. The Kier molecular flexibility index (Phi) is 8.41. The lowest BCUT2D eigenvalue weighted by molar-refractivity contribution is -0.146. The van der Waals surface area contributed by atoms with Gasteiger partial charge < -0.3 is 20.9 Å². The number of aryl methyl sites for hydroxylation is 1. The number of fused-ring (bicyclic) bond motifs is 1. The molecule has 0 saturated heterocycles. The molecule has 7 nitrogen and oxygen atoms in total. The van der Waals surface area contributed by atoms with Gasteiger partial charge in [0.25, 0.3) is 5.91 Å². The molecule has 3 aromatic rings. The van der Waals surface area contributed by atoms with Gasteiger partial charge in [-0.15, -0.1) is 0 Å². The predicted octanol–water partition coefficient (Wildman–Crippen LogP) is 4.12. The zero-order chi connectivity index (χ0) is 24.8. The quantitative estimate of drug-likeness (QED) is 0.309. The number of ether oxygens (including phenoxy) is 1. The summed E-state index contributed by atoms with van der Waals surface area (Å²) in [7, 11) is 0. The highest BCUT2D eigenvalue weighted by atomic mass is 35.5. The molecule has 9 heteroatoms. The van der Waals surface area contributed by atoms with E-state index in [9.17, 15) is 19.1 Å². The lowest BCUT2D eigenvalue weighted by Crippen LogP contribution is -2.37. The number of hydrogen-bond acceptors (Lipinski definition) is 6. The Morgan fingerprint density at radius 2 is 1.91 bits per heavy atom. The van der Waals surface area contributed by atoms with E-state index in [4.69, 9.17) is 22.1 Å². The van der Waals surface area contributed by atoms with Crippen LogP contribution < -0.4 is 11.1 Å². The van der Waals surface area contributed by atoms with Crippen molar-refractivity contribution in [1.82, 2.24) is 10.3 Å². The number of nitrogens with one attached hydrogen (secondary N) is 1. The predicted molar refractivity (Wildman–Crippen MR) is 128 cm³/mol. The van der Waals surface area contributed by atoms with Gasteiger partial charge >= 0.3 is 5.97 Å². The Hall–Kier alpha value is -3.23. The highest BCUT2D eigenvalue weighted by Gasteiger charge is 2.19. The van der Waals surface area contributed by atoms with Gasteiger partial charge in [-0.3, -0.25) is 14.6 Å². The van der Waals surface area contributed by atoms with Crippen molar-refractivity contribution in [2.24, 2.45) is 11.7 Å². The number of hydrogen-bond donors (Lipinski definition) is 3. The highest BCUT2D eigenvalue weighted by Crippen LogP contribution is 2.30. The van der Waals surface area contributed by atoms with Gasteiger partial charge in [0.1, 0.15) is 28.7 Å². The van der Waals surface area contributed by atoms with Crippen LogP contribution in [0.5, 0.6) is 5.75 Å². The van der Waals surface area contributed by atoms with Crippen LogP contribution in [0.2, 0.25) is 5.02 Å². The van der Waals surface area contributed by atoms with E-state index in [-0.39, 0.29) is 41.3 Å². The molecule has 0 radical (unpaired) electrons. The fourth-order valence-corrected chi connectivity index (χ4v) is 3.44. The van der Waals surface area contributed by atoms with Gasteiger partial charge in [-0.1, -0.05) is 37.6 Å². The molecule has 3 rings (SSSR count). The van der Waals surface area contributed by atoms with Crippen LogP contribution in [0.1, 0.15) is 41.8 Å². The Morgan fingerprint density at radius 1 is 1.21 bits per heavy atom. The molecule has 1 atom stereocenters. The van der Waals surface area contributed by atoms with Crippen LogP contribution in [0.4, 0.5) is 4.39 Å². The fourth-order valence-electron chi connectivity index (χ4n) is 3.31. The molecule has 0 aliphatic carbocycles. The first kappa shape index (κ1) is 25.4. The number of nitrogens with zero attached hydrogens (tertiary/aromatic N) is 1. The number of nitrogens with two attached hydrogens (primary N) is 1. The number of amides is 1. The smallest absolute Gasteiger partial charge is 0.323 e. The Morgan fingerprint density at radius 3 is 2.59 bits per heavy atom. The molecule has 0 bridgehead atoms. The third-order valence-corrected chi connectivity index (χ3v) is 5.66. The lowest BCUT2D eigenvalue weighted by Gasteiger charge is -2.14. The normalized spacial score (nSPS) is 12.1. The summed E-state index contributed by atoms with van der Waals surface area (Å²) >= 11 is 5.86. The average Bonchev–Trinajstić information content (AvgIpc) is 2.81. The fraction of sp³-hybridized carbons (Fsp3) is 0.320. The average molecular weight is 488 g/mol. The minimum Gasteiger partial charge on any atom is -0.506 e. The van der Waals surface area contributed by atoms with Gasteiger partial charge in [-0.25, -0.2) is 4.39 Å². The summed E-state index contributed by atoms with van der Waals surface area (Å²) in [5.41, 5.74) is 7.06. The number of pyridine rings is 1. The van der Waals surface area contributed by atoms with Gasteiger partial charge in [-0.05, 0) is 54.2 Å². The molecule has 0 spiro atoms. The molecular formula is C25H27ClFN3O4. The molecule has 34 heavy (non-hydrogen) atoms. The maximum atomic E-state index is 14.6. The summed E-state index contributed by atoms with van der Waals surface area (Å²) in [6.45, 7) is 4.02. The van der Waals surface area contributed by atoms with Crippen LogP contribution in [0.25, 0.3) is 10.9 Å². The topological polar surface area (TPSA) is 115 Å². The molecule has 0 fully saturated rings. The second-order valence-corrected chi connectivity index (χ2v) is 8.78. The van der Waals surface area contributed by atoms with Gasteiger partial charge in [0.05, 0.1) is 6.61 Å². The van der Waals surface area contributed by atoms with Crippen molar-refractivity contribution >= 4 is 34.4 Å². The number of carbonyl (C=O) groups excluding carboxylic acids is 2. The van der Waals surface area contributed by atoms with Gasteiger partial charge in [0.2, 0.25) is 0 Å². The molecule has 2 aromatic carbocycles. The summed E-state index contributed by atoms with van der Waals surface area (Å²) in [5.74, 6) is -2.02. The number of benzene rings is 2. The Balaban J connectivity index is 1.69. The van der Waals surface area contributed by atoms with Crippen molar-refractivity contribution in [2.75, 3.05) is 6.61 Å². The number of aromatic nitrogens is 1. The highest BCUT2D eigenvalue weighted by molar-refractivity contribution is 6.30. The van der Waals surface area contributed by atoms with Gasteiger partial charge in [0.15, 0.2) is 0 Å². The maximum Gasteiger partial charge on any atom is 0.323 e. The van der Waals surface area contributed by atoms with Crippen LogP contribution in [-0.4, -0.2) is 34.6 Å². The number of aromatic hydroxyl groups is 1. The zero-order valence-corrected chi connectivity index (χ0v) is 19.7. The van der Waals surface area contributed by atoms with Crippen LogP contribution >= 0.6 is 11.6 Å². The molecule has 0 aliphatic heterocycles. The van der Waals surface area contributed by atoms with Crippen molar-refractivity contribution in [3.05, 3.63) is 70.1 Å². The number of esters is 1. The summed E-state index contributed by atoms with van der Waals surface area (Å²) in [5, 5.41) is 14.1. The minimum absolute atomic E-state index is 0.0323. The standard InChI is InChI=1S/C25H27ClFN3O4/c1-14(2)21(28)25(33)34-9-3-4-16-10-18-22(20(27)11-16)29-13-19(23(18)31)24(32)30-12-15-5-7-17(26)8-6-15/h5-8,10-11,13-14,21H,3-4,9,12,28H2,1-2H3,(H,29,31)(H,30,32). The Labute approximate surface area is 202 Å². The first-order chi connectivity index (χ1) is 16.2. The van der Waals surface area contributed by atoms with E-state index < -0.39 is 23.7 Å². The second kappa shape index (κ2) is 11.3. The molecule has 1 amide bonds. The SMILES string of the molecule is CC(C)C(N)C(=O)OCCCc1cc(F)c2ncc(C(=O)NCc3ccc(Cl)cc3)c(O)c2c1. The van der Waals surface area contributed by atoms with E-state index in [1.807, 2.05) is 13.8 Å². The molecule has 1 unspecified atom stereocenters. The van der Waals surface area contributed by atoms with Gasteiger partial charge in [-0.2, -0.15) is 0 Å². The Bertz CT molecular complexity index is 1180. The van der Waals surface area contributed by atoms with E-state index in [1.165, 1.54) is 6.07 Å². The van der Waals surface area contributed by atoms with Crippen molar-refractivity contribution in [3.8, 4) is 5.75 Å². The third-order valence-electron chi connectivity index (χ3n) is 5.41. The first-order valence-electron chi connectivity index (χ1n) is 10.9. The van der Waals surface area contributed by atoms with Crippen molar-refractivity contribution in [2.45, 2.75) is 39.3 Å². The first-order valence-corrected chi connectivity index (χ1v) is 11.3. The summed E-state index contributed by atoms with van der Waals surface area (Å²) < 4.78 is 19.8. The molecule has 180 valence electrons. The molecule has 1 aromatic heterocycles. The minimum atomic E-state index is -0.689. The van der Waals surface area contributed by atoms with E-state index in [0.717, 1.165) is 11.8 Å². The molecule has 0 saturated carbocycles. The van der Waals surface area contributed by atoms with Crippen LogP contribution in [0.3, 0.4) is 0 Å². The maximum absolute atomic E-state index is 14.6. The molecule has 1 heterocycles. The van der Waals surface area contributed by atoms with Crippen molar-refractivity contribution in [3.63, 3.8) is 0 Å². The molecule has 0 aliphatic rings. The number of rotatable bonds is 9. The molecular weight excluding hydrogens is 461 g/mol. The zero-order valence-electron chi connectivity index (χ0n) is 19.0.